The predicted octanol–water partition coefficient (Wildman–Crippen LogP) is 3.01. The molecule has 0 aromatic heterocycles. The lowest BCUT2D eigenvalue weighted by atomic mass is 10.1. The molecule has 0 saturated carbocycles. The van der Waals surface area contributed by atoms with E-state index < -0.39 is 0 Å². The summed E-state index contributed by atoms with van der Waals surface area (Å²) < 4.78 is 5.40. The zero-order chi connectivity index (χ0) is 15.7. The molecule has 0 aliphatic heterocycles. The second kappa shape index (κ2) is 8.84. The van der Waals surface area contributed by atoms with Crippen molar-refractivity contribution in [3.05, 3.63) is 42.5 Å². The summed E-state index contributed by atoms with van der Waals surface area (Å²) in [7, 11) is 0. The highest BCUT2D eigenvalue weighted by molar-refractivity contribution is 5.91. The first kappa shape index (κ1) is 16.8. The van der Waals surface area contributed by atoms with Gasteiger partial charge in [0.25, 0.3) is 0 Å². The number of carbonyl (C=O) groups is 1. The van der Waals surface area contributed by atoms with Crippen LogP contribution in [-0.2, 0) is 4.79 Å². The molecule has 1 rings (SSSR count). The van der Waals surface area contributed by atoms with Crippen LogP contribution >= 0.6 is 0 Å². The summed E-state index contributed by atoms with van der Waals surface area (Å²) in [5.41, 5.74) is 7.29. The van der Waals surface area contributed by atoms with Gasteiger partial charge in [-0.3, -0.25) is 4.79 Å². The van der Waals surface area contributed by atoms with E-state index >= 15 is 0 Å². The Bertz CT molecular complexity index is 508. The number of carbonyl (C=O) groups excluding carboxylic acids is 1. The Morgan fingerprint density at radius 1 is 1.48 bits per heavy atom. The number of amides is 1. The molecule has 1 aromatic rings. The largest absolute Gasteiger partial charge is 0.487 e. The minimum atomic E-state index is -0.0961. The molecular weight excluding hydrogens is 264 g/mol. The van der Waals surface area contributed by atoms with E-state index in [1.54, 1.807) is 24.3 Å². The molecule has 1 aromatic carbocycles. The van der Waals surface area contributed by atoms with Gasteiger partial charge >= 0.3 is 0 Å². The molecule has 0 saturated heterocycles. The zero-order valence-electron chi connectivity index (χ0n) is 12.8. The number of benzene rings is 1. The normalized spacial score (nSPS) is 10.8. The molecule has 0 radical (unpaired) electrons. The van der Waals surface area contributed by atoms with E-state index in [0.29, 0.717) is 30.5 Å². The summed E-state index contributed by atoms with van der Waals surface area (Å²) in [5, 5.41) is 2.85. The third-order valence-corrected chi connectivity index (χ3v) is 2.84. The molecular formula is C17H24N2O2. The molecule has 0 spiro atoms. The van der Waals surface area contributed by atoms with Crippen LogP contribution in [0, 0.1) is 5.92 Å². The summed E-state index contributed by atoms with van der Waals surface area (Å²) in [6.07, 6.45) is 5.88. The molecule has 114 valence electrons. The van der Waals surface area contributed by atoms with Crippen LogP contribution in [0.1, 0.15) is 25.8 Å². The number of hydrogen-bond donors (Lipinski definition) is 2. The summed E-state index contributed by atoms with van der Waals surface area (Å²) in [4.78, 5) is 11.6. The maximum atomic E-state index is 11.6. The standard InChI is InChI=1S/C17H24N2O2/c1-4-11-21-16-7-5-14(12-15(16)18)6-8-17(20)19-10-9-13(2)3/h4-8,12-13H,1,9-11,18H2,2-3H3,(H,19,20)/b8-6-. The minimum absolute atomic E-state index is 0.0961. The van der Waals surface area contributed by atoms with Crippen molar-refractivity contribution in [2.24, 2.45) is 5.92 Å². The van der Waals surface area contributed by atoms with Crippen LogP contribution in [0.25, 0.3) is 6.08 Å². The Kier molecular flexibility index (Phi) is 7.09. The second-order valence-corrected chi connectivity index (χ2v) is 5.20. The zero-order valence-corrected chi connectivity index (χ0v) is 12.8. The van der Waals surface area contributed by atoms with Crippen molar-refractivity contribution in [3.8, 4) is 5.75 Å². The average molecular weight is 288 g/mol. The Balaban J connectivity index is 2.54. The van der Waals surface area contributed by atoms with Crippen molar-refractivity contribution in [3.63, 3.8) is 0 Å². The average Bonchev–Trinajstić information content (AvgIpc) is 2.43. The van der Waals surface area contributed by atoms with Gasteiger partial charge in [0.15, 0.2) is 0 Å². The smallest absolute Gasteiger partial charge is 0.243 e. The Hall–Kier alpha value is -2.23. The van der Waals surface area contributed by atoms with Crippen LogP contribution in [0.5, 0.6) is 5.75 Å². The lowest BCUT2D eigenvalue weighted by molar-refractivity contribution is -0.116. The van der Waals surface area contributed by atoms with Gasteiger partial charge in [0.1, 0.15) is 12.4 Å². The SMILES string of the molecule is C=CCOc1ccc(/C=C\C(=O)NCCC(C)C)cc1N. The van der Waals surface area contributed by atoms with Crippen LogP contribution in [-0.4, -0.2) is 19.1 Å². The first-order valence-corrected chi connectivity index (χ1v) is 7.12. The lowest BCUT2D eigenvalue weighted by Gasteiger charge is -2.07. The number of hydrogen-bond acceptors (Lipinski definition) is 3. The first-order valence-electron chi connectivity index (χ1n) is 7.12. The molecule has 0 fully saturated rings. The maximum absolute atomic E-state index is 11.6. The third kappa shape index (κ3) is 6.65. The fourth-order valence-corrected chi connectivity index (χ4v) is 1.67. The van der Waals surface area contributed by atoms with Gasteiger partial charge in [0.05, 0.1) is 5.69 Å². The number of nitrogens with two attached hydrogens (primary N) is 1. The minimum Gasteiger partial charge on any atom is -0.487 e. The first-order chi connectivity index (χ1) is 10.0. The molecule has 0 aliphatic carbocycles. The molecule has 0 aliphatic rings. The van der Waals surface area contributed by atoms with Crippen molar-refractivity contribution < 1.29 is 9.53 Å². The van der Waals surface area contributed by atoms with Crippen LogP contribution in [0.4, 0.5) is 5.69 Å². The lowest BCUT2D eigenvalue weighted by Crippen LogP contribution is -2.23. The number of rotatable bonds is 8. The Morgan fingerprint density at radius 2 is 2.24 bits per heavy atom. The van der Waals surface area contributed by atoms with E-state index in [0.717, 1.165) is 12.0 Å². The van der Waals surface area contributed by atoms with Crippen LogP contribution in [0.3, 0.4) is 0 Å². The van der Waals surface area contributed by atoms with Gasteiger partial charge in [-0.2, -0.15) is 0 Å². The highest BCUT2D eigenvalue weighted by Crippen LogP contribution is 2.23. The van der Waals surface area contributed by atoms with E-state index in [2.05, 4.69) is 25.7 Å². The Morgan fingerprint density at radius 3 is 2.86 bits per heavy atom. The molecule has 0 bridgehead atoms. The van der Waals surface area contributed by atoms with E-state index in [1.165, 1.54) is 6.08 Å². The fourth-order valence-electron chi connectivity index (χ4n) is 1.67. The molecule has 21 heavy (non-hydrogen) atoms. The van der Waals surface area contributed by atoms with Gasteiger partial charge in [0.2, 0.25) is 5.91 Å². The van der Waals surface area contributed by atoms with Gasteiger partial charge in [0, 0.05) is 12.6 Å². The summed E-state index contributed by atoms with van der Waals surface area (Å²) in [6.45, 7) is 8.94. The third-order valence-electron chi connectivity index (χ3n) is 2.84. The van der Waals surface area contributed by atoms with E-state index in [4.69, 9.17) is 10.5 Å². The van der Waals surface area contributed by atoms with Crippen molar-refractivity contribution >= 4 is 17.7 Å². The van der Waals surface area contributed by atoms with E-state index in [1.807, 2.05) is 6.07 Å². The van der Waals surface area contributed by atoms with Gasteiger partial charge in [-0.25, -0.2) is 0 Å². The molecule has 4 heteroatoms. The van der Waals surface area contributed by atoms with Crippen LogP contribution < -0.4 is 15.8 Å². The van der Waals surface area contributed by atoms with Crippen molar-refractivity contribution in [1.29, 1.82) is 0 Å². The maximum Gasteiger partial charge on any atom is 0.243 e. The summed E-state index contributed by atoms with van der Waals surface area (Å²) in [5.74, 6) is 1.10. The molecule has 1 amide bonds. The van der Waals surface area contributed by atoms with Crippen LogP contribution in [0.15, 0.2) is 36.9 Å². The van der Waals surface area contributed by atoms with E-state index in [9.17, 15) is 4.79 Å². The molecule has 0 atom stereocenters. The predicted molar refractivity (Wildman–Crippen MR) is 88.0 cm³/mol. The number of nitrogens with one attached hydrogen (secondary N) is 1. The number of anilines is 1. The van der Waals surface area contributed by atoms with Crippen molar-refractivity contribution in [2.45, 2.75) is 20.3 Å². The van der Waals surface area contributed by atoms with Gasteiger partial charge in [-0.15, -0.1) is 0 Å². The summed E-state index contributed by atoms with van der Waals surface area (Å²) >= 11 is 0. The topological polar surface area (TPSA) is 64.3 Å². The highest BCUT2D eigenvalue weighted by Gasteiger charge is 2.01. The number of ether oxygens (including phenoxy) is 1. The molecule has 0 heterocycles. The van der Waals surface area contributed by atoms with Crippen LogP contribution in [0.2, 0.25) is 0 Å². The van der Waals surface area contributed by atoms with Crippen molar-refractivity contribution in [2.75, 3.05) is 18.9 Å². The monoisotopic (exact) mass is 288 g/mol. The Labute approximate surface area is 126 Å². The molecule has 4 nitrogen and oxygen atoms in total. The second-order valence-electron chi connectivity index (χ2n) is 5.20. The molecule has 3 N–H and O–H groups in total. The van der Waals surface area contributed by atoms with Gasteiger partial charge in [-0.05, 0) is 36.1 Å². The fraction of sp³-hybridized carbons (Fsp3) is 0.353. The molecule has 0 unspecified atom stereocenters. The summed E-state index contributed by atoms with van der Waals surface area (Å²) in [6, 6.07) is 5.41. The van der Waals surface area contributed by atoms with Gasteiger partial charge in [-0.1, -0.05) is 32.6 Å². The number of nitrogen functional groups attached to an aromatic ring is 1. The van der Waals surface area contributed by atoms with Gasteiger partial charge < -0.3 is 15.8 Å². The van der Waals surface area contributed by atoms with E-state index in [-0.39, 0.29) is 5.91 Å². The quantitative estimate of drug-likeness (QED) is 0.439. The van der Waals surface area contributed by atoms with Crippen molar-refractivity contribution in [1.82, 2.24) is 5.32 Å². The highest BCUT2D eigenvalue weighted by atomic mass is 16.5.